The van der Waals surface area contributed by atoms with Crippen molar-refractivity contribution >= 4 is 17.6 Å². The van der Waals surface area contributed by atoms with Crippen molar-refractivity contribution < 1.29 is 32.6 Å². The summed E-state index contributed by atoms with van der Waals surface area (Å²) in [5, 5.41) is 18.3. The van der Waals surface area contributed by atoms with Crippen LogP contribution in [0.4, 0.5) is 18.9 Å². The average Bonchev–Trinajstić information content (AvgIpc) is 3.24. The number of H-pyrrole nitrogens is 1. The first kappa shape index (κ1) is 19.7. The third-order valence-corrected chi connectivity index (χ3v) is 4.57. The molecule has 0 saturated heterocycles. The largest absolute Gasteiger partial charge is 0.573 e. The molecule has 1 fully saturated rings. The lowest BCUT2D eigenvalue weighted by Gasteiger charge is -2.14. The van der Waals surface area contributed by atoms with Crippen molar-refractivity contribution in [2.75, 3.05) is 5.32 Å². The molecule has 1 aromatic heterocycles. The van der Waals surface area contributed by atoms with Gasteiger partial charge in [0.15, 0.2) is 5.69 Å². The summed E-state index contributed by atoms with van der Waals surface area (Å²) in [7, 11) is 0. The van der Waals surface area contributed by atoms with Crippen LogP contribution >= 0.6 is 0 Å². The highest BCUT2D eigenvalue weighted by molar-refractivity contribution is 6.00. The number of nitrogens with one attached hydrogen (secondary N) is 2. The van der Waals surface area contributed by atoms with Gasteiger partial charge in [0.1, 0.15) is 5.75 Å². The number of carboxylic acids is 1. The van der Waals surface area contributed by atoms with E-state index < -0.39 is 30.4 Å². The molecule has 7 nitrogen and oxygen atoms in total. The number of ether oxygens (including phenoxy) is 1. The molecule has 1 aliphatic carbocycles. The zero-order chi connectivity index (χ0) is 20.3. The first-order valence-corrected chi connectivity index (χ1v) is 8.69. The number of carbonyl (C=O) groups excluding carboxylic acids is 1. The SMILES string of the molecule is O=C(Cc1ccccc1OC(F)(F)F)Nc1c(C(=O)O)n[nH]c1C1CCCC1. The molecule has 0 bridgehead atoms. The summed E-state index contributed by atoms with van der Waals surface area (Å²) in [5.74, 6) is -2.40. The lowest BCUT2D eigenvalue weighted by atomic mass is 10.0. The number of carbonyl (C=O) groups is 2. The molecule has 28 heavy (non-hydrogen) atoms. The number of aromatic nitrogens is 2. The summed E-state index contributed by atoms with van der Waals surface area (Å²) in [6, 6.07) is 5.29. The number of benzene rings is 1. The second kappa shape index (κ2) is 7.91. The fraction of sp³-hybridized carbons (Fsp3) is 0.389. The summed E-state index contributed by atoms with van der Waals surface area (Å²) in [5.41, 5.74) is 0.303. The molecule has 0 aliphatic heterocycles. The van der Waals surface area contributed by atoms with Crippen molar-refractivity contribution in [2.45, 2.75) is 44.4 Å². The normalized spacial score (nSPS) is 14.8. The highest BCUT2D eigenvalue weighted by Gasteiger charge is 2.32. The van der Waals surface area contributed by atoms with E-state index in [0.29, 0.717) is 5.69 Å². The van der Waals surface area contributed by atoms with Gasteiger partial charge in [-0.1, -0.05) is 31.0 Å². The van der Waals surface area contributed by atoms with Crippen molar-refractivity contribution in [1.29, 1.82) is 0 Å². The summed E-state index contributed by atoms with van der Waals surface area (Å²) in [6.07, 6.45) is -1.65. The molecule has 150 valence electrons. The van der Waals surface area contributed by atoms with E-state index in [1.807, 2.05) is 0 Å². The van der Waals surface area contributed by atoms with Crippen LogP contribution in [-0.4, -0.2) is 33.5 Å². The number of nitrogens with zero attached hydrogens (tertiary/aromatic N) is 1. The number of hydrogen-bond donors (Lipinski definition) is 3. The number of hydrogen-bond acceptors (Lipinski definition) is 4. The molecule has 3 rings (SSSR count). The topological polar surface area (TPSA) is 104 Å². The second-order valence-electron chi connectivity index (χ2n) is 6.53. The minimum atomic E-state index is -4.89. The molecule has 10 heteroatoms. The molecular formula is C18H18F3N3O4. The van der Waals surface area contributed by atoms with E-state index >= 15 is 0 Å². The van der Waals surface area contributed by atoms with Crippen molar-refractivity contribution in [3.05, 3.63) is 41.2 Å². The van der Waals surface area contributed by atoms with Crippen molar-refractivity contribution in [2.24, 2.45) is 0 Å². The fourth-order valence-electron chi connectivity index (χ4n) is 3.38. The summed E-state index contributed by atoms with van der Waals surface area (Å²) >= 11 is 0. The lowest BCUT2D eigenvalue weighted by molar-refractivity contribution is -0.274. The highest BCUT2D eigenvalue weighted by atomic mass is 19.4. The van der Waals surface area contributed by atoms with Crippen molar-refractivity contribution in [3.63, 3.8) is 0 Å². The Morgan fingerprint density at radius 2 is 1.93 bits per heavy atom. The second-order valence-corrected chi connectivity index (χ2v) is 6.53. The highest BCUT2D eigenvalue weighted by Crippen LogP contribution is 2.38. The Morgan fingerprint density at radius 3 is 2.57 bits per heavy atom. The number of alkyl halides is 3. The van der Waals surface area contributed by atoms with Gasteiger partial charge in [-0.05, 0) is 18.9 Å². The van der Waals surface area contributed by atoms with Gasteiger partial charge in [0.25, 0.3) is 0 Å². The Kier molecular flexibility index (Phi) is 5.57. The molecule has 3 N–H and O–H groups in total. The molecule has 0 atom stereocenters. The zero-order valence-corrected chi connectivity index (χ0v) is 14.7. The van der Waals surface area contributed by atoms with Crippen LogP contribution < -0.4 is 10.1 Å². The summed E-state index contributed by atoms with van der Waals surface area (Å²) in [6.45, 7) is 0. The Morgan fingerprint density at radius 1 is 1.25 bits per heavy atom. The quantitative estimate of drug-likeness (QED) is 0.687. The van der Waals surface area contributed by atoms with Crippen LogP contribution in [0, 0.1) is 0 Å². The molecule has 0 radical (unpaired) electrons. The molecular weight excluding hydrogens is 379 g/mol. The molecule has 1 aliphatic rings. The van der Waals surface area contributed by atoms with E-state index in [9.17, 15) is 27.9 Å². The summed E-state index contributed by atoms with van der Waals surface area (Å²) in [4.78, 5) is 23.9. The smallest absolute Gasteiger partial charge is 0.476 e. The number of aromatic amines is 1. The lowest BCUT2D eigenvalue weighted by Crippen LogP contribution is -2.21. The number of carboxylic acid groups (broad SMARTS) is 1. The monoisotopic (exact) mass is 397 g/mol. The van der Waals surface area contributed by atoms with Gasteiger partial charge in [0.05, 0.1) is 17.8 Å². The van der Waals surface area contributed by atoms with Gasteiger partial charge >= 0.3 is 12.3 Å². The van der Waals surface area contributed by atoms with Crippen LogP contribution in [-0.2, 0) is 11.2 Å². The van der Waals surface area contributed by atoms with Crippen LogP contribution in [0.1, 0.15) is 53.3 Å². The van der Waals surface area contributed by atoms with E-state index in [-0.39, 0.29) is 22.9 Å². The van der Waals surface area contributed by atoms with Crippen molar-refractivity contribution in [3.8, 4) is 5.75 Å². The van der Waals surface area contributed by atoms with Crippen LogP contribution in [0.25, 0.3) is 0 Å². The Hall–Kier alpha value is -3.04. The fourth-order valence-corrected chi connectivity index (χ4v) is 3.38. The van der Waals surface area contributed by atoms with Gasteiger partial charge < -0.3 is 15.2 Å². The first-order chi connectivity index (χ1) is 13.2. The number of anilines is 1. The number of rotatable bonds is 6. The van der Waals surface area contributed by atoms with E-state index in [2.05, 4.69) is 20.3 Å². The standard InChI is InChI=1S/C18H18F3N3O4/c19-18(20,21)28-12-8-4-3-7-11(12)9-13(25)22-15-14(10-5-1-2-6-10)23-24-16(15)17(26)27/h3-4,7-8,10H,1-2,5-6,9H2,(H,22,25)(H,23,24)(H,26,27). The molecule has 1 heterocycles. The molecule has 1 aromatic carbocycles. The predicted molar refractivity (Wildman–Crippen MR) is 92.2 cm³/mol. The minimum Gasteiger partial charge on any atom is -0.476 e. The van der Waals surface area contributed by atoms with Crippen molar-refractivity contribution in [1.82, 2.24) is 10.2 Å². The average molecular weight is 397 g/mol. The Bertz CT molecular complexity index is 873. The van der Waals surface area contributed by atoms with Gasteiger partial charge in [-0.3, -0.25) is 9.89 Å². The molecule has 1 amide bonds. The van der Waals surface area contributed by atoms with Crippen LogP contribution in [0.15, 0.2) is 24.3 Å². The van der Waals surface area contributed by atoms with Gasteiger partial charge in [-0.25, -0.2) is 4.79 Å². The van der Waals surface area contributed by atoms with Crippen LogP contribution in [0.3, 0.4) is 0 Å². The predicted octanol–water partition coefficient (Wildman–Crippen LogP) is 3.85. The van der Waals surface area contributed by atoms with Gasteiger partial charge in [0, 0.05) is 11.5 Å². The summed E-state index contributed by atoms with van der Waals surface area (Å²) < 4.78 is 41.5. The molecule has 2 aromatic rings. The van der Waals surface area contributed by atoms with Gasteiger partial charge in [-0.15, -0.1) is 13.2 Å². The van der Waals surface area contributed by atoms with E-state index in [1.165, 1.54) is 18.2 Å². The third-order valence-electron chi connectivity index (χ3n) is 4.57. The number of amides is 1. The van der Waals surface area contributed by atoms with Crippen LogP contribution in [0.5, 0.6) is 5.75 Å². The Labute approximate surface area is 157 Å². The first-order valence-electron chi connectivity index (χ1n) is 8.69. The maximum absolute atomic E-state index is 12.5. The van der Waals surface area contributed by atoms with E-state index in [4.69, 9.17) is 0 Å². The molecule has 0 spiro atoms. The minimum absolute atomic E-state index is 0.0279. The van der Waals surface area contributed by atoms with E-state index in [1.54, 1.807) is 0 Å². The van der Waals surface area contributed by atoms with E-state index in [0.717, 1.165) is 31.7 Å². The van der Waals surface area contributed by atoms with Gasteiger partial charge in [0.2, 0.25) is 5.91 Å². The maximum Gasteiger partial charge on any atom is 0.573 e. The number of halogens is 3. The van der Waals surface area contributed by atoms with Crippen LogP contribution in [0.2, 0.25) is 0 Å². The zero-order valence-electron chi connectivity index (χ0n) is 14.7. The Balaban J connectivity index is 1.81. The third kappa shape index (κ3) is 4.62. The molecule has 0 unspecified atom stereocenters. The number of aromatic carboxylic acids is 1. The van der Waals surface area contributed by atoms with Gasteiger partial charge in [-0.2, -0.15) is 5.10 Å². The maximum atomic E-state index is 12.5. The molecule has 1 saturated carbocycles. The number of para-hydroxylation sites is 1.